The number of hydrogen-bond acceptors (Lipinski definition) is 3. The third kappa shape index (κ3) is 3.68. The van der Waals surface area contributed by atoms with Crippen molar-refractivity contribution in [2.24, 2.45) is 0 Å². The zero-order chi connectivity index (χ0) is 14.6. The van der Waals surface area contributed by atoms with Gasteiger partial charge in [0.25, 0.3) is 0 Å². The zero-order valence-electron chi connectivity index (χ0n) is 11.7. The molecule has 1 aromatic carbocycles. The number of aromatic nitrogens is 2. The highest BCUT2D eigenvalue weighted by Gasteiger charge is 2.14. The molecule has 2 aromatic rings. The second-order valence-electron chi connectivity index (χ2n) is 4.72. The van der Waals surface area contributed by atoms with Gasteiger partial charge in [-0.05, 0) is 31.0 Å². The van der Waals surface area contributed by atoms with E-state index in [0.717, 1.165) is 11.3 Å². The third-order valence-electron chi connectivity index (χ3n) is 3.02. The number of imidazole rings is 1. The second-order valence-corrected chi connectivity index (χ2v) is 6.59. The van der Waals surface area contributed by atoms with Gasteiger partial charge in [0.1, 0.15) is 0 Å². The highest BCUT2D eigenvalue weighted by molar-refractivity contribution is 7.89. The number of benzene rings is 1. The summed E-state index contributed by atoms with van der Waals surface area (Å²) in [6, 6.07) is 7.51. The van der Waals surface area contributed by atoms with Crippen molar-refractivity contribution in [3.63, 3.8) is 0 Å². The van der Waals surface area contributed by atoms with E-state index in [9.17, 15) is 8.42 Å². The quantitative estimate of drug-likeness (QED) is 0.888. The summed E-state index contributed by atoms with van der Waals surface area (Å²) in [5.41, 5.74) is 1.93. The first kappa shape index (κ1) is 14.7. The molecule has 0 unspecified atom stereocenters. The van der Waals surface area contributed by atoms with Gasteiger partial charge in [0.15, 0.2) is 0 Å². The van der Waals surface area contributed by atoms with Crippen molar-refractivity contribution in [2.75, 3.05) is 5.75 Å². The van der Waals surface area contributed by atoms with E-state index >= 15 is 0 Å². The van der Waals surface area contributed by atoms with Crippen molar-refractivity contribution >= 4 is 10.0 Å². The molecule has 0 aliphatic heterocycles. The molecule has 1 atom stereocenters. The van der Waals surface area contributed by atoms with Crippen LogP contribution in [-0.2, 0) is 10.0 Å². The van der Waals surface area contributed by atoms with Crippen LogP contribution in [0, 0.1) is 0 Å². The van der Waals surface area contributed by atoms with Crippen LogP contribution in [0.2, 0.25) is 0 Å². The van der Waals surface area contributed by atoms with E-state index in [4.69, 9.17) is 0 Å². The van der Waals surface area contributed by atoms with Crippen molar-refractivity contribution in [1.82, 2.24) is 14.3 Å². The number of hydrogen-bond donors (Lipinski definition) is 1. The topological polar surface area (TPSA) is 64.0 Å². The molecule has 2 rings (SSSR count). The fraction of sp³-hybridized carbons (Fsp3) is 0.357. The first-order chi connectivity index (χ1) is 9.52. The van der Waals surface area contributed by atoms with Crippen molar-refractivity contribution < 1.29 is 8.42 Å². The zero-order valence-corrected chi connectivity index (χ0v) is 12.5. The molecular weight excluding hydrogens is 274 g/mol. The molecule has 0 bridgehead atoms. The van der Waals surface area contributed by atoms with Crippen LogP contribution >= 0.6 is 0 Å². The molecule has 0 aliphatic carbocycles. The van der Waals surface area contributed by atoms with Gasteiger partial charge in [0.2, 0.25) is 10.0 Å². The molecule has 0 amide bonds. The van der Waals surface area contributed by atoms with Gasteiger partial charge in [-0.2, -0.15) is 0 Å². The Bertz CT molecular complexity index is 634. The SMILES string of the molecule is CCCS(=O)(=O)N[C@@H](C)c1ccc(-n2ccnc2)cc1. The first-order valence-electron chi connectivity index (χ1n) is 6.60. The highest BCUT2D eigenvalue weighted by atomic mass is 32.2. The average molecular weight is 293 g/mol. The van der Waals surface area contributed by atoms with Gasteiger partial charge in [-0.3, -0.25) is 0 Å². The van der Waals surface area contributed by atoms with Gasteiger partial charge in [-0.15, -0.1) is 0 Å². The molecule has 20 heavy (non-hydrogen) atoms. The predicted octanol–water partition coefficient (Wildman–Crippen LogP) is 2.26. The number of nitrogens with zero attached hydrogens (tertiary/aromatic N) is 2. The first-order valence-corrected chi connectivity index (χ1v) is 8.25. The van der Waals surface area contributed by atoms with Crippen molar-refractivity contribution in [1.29, 1.82) is 0 Å². The summed E-state index contributed by atoms with van der Waals surface area (Å²) in [5.74, 6) is 0.157. The molecule has 1 N–H and O–H groups in total. The van der Waals surface area contributed by atoms with E-state index in [1.165, 1.54) is 0 Å². The minimum absolute atomic E-state index is 0.157. The smallest absolute Gasteiger partial charge is 0.212 e. The number of rotatable bonds is 6. The van der Waals surface area contributed by atoms with E-state index in [1.54, 1.807) is 12.5 Å². The Hall–Kier alpha value is -1.66. The molecule has 0 radical (unpaired) electrons. The van der Waals surface area contributed by atoms with Crippen LogP contribution in [0.5, 0.6) is 0 Å². The standard InChI is InChI=1S/C14H19N3O2S/c1-3-10-20(18,19)16-12(2)13-4-6-14(7-5-13)17-9-8-15-11-17/h4-9,11-12,16H,3,10H2,1-2H3/t12-/m0/s1. The lowest BCUT2D eigenvalue weighted by atomic mass is 10.1. The highest BCUT2D eigenvalue weighted by Crippen LogP contribution is 2.16. The molecule has 0 saturated heterocycles. The van der Waals surface area contributed by atoms with Crippen LogP contribution < -0.4 is 4.72 Å². The summed E-state index contributed by atoms with van der Waals surface area (Å²) in [6.07, 6.45) is 5.92. The van der Waals surface area contributed by atoms with Gasteiger partial charge in [-0.25, -0.2) is 18.1 Å². The lowest BCUT2D eigenvalue weighted by molar-refractivity contribution is 0.565. The van der Waals surface area contributed by atoms with E-state index < -0.39 is 10.0 Å². The van der Waals surface area contributed by atoms with Gasteiger partial charge >= 0.3 is 0 Å². The molecular formula is C14H19N3O2S. The number of sulfonamides is 1. The maximum Gasteiger partial charge on any atom is 0.212 e. The van der Waals surface area contributed by atoms with Crippen LogP contribution in [0.15, 0.2) is 43.0 Å². The Kier molecular flexibility index (Phi) is 4.57. The summed E-state index contributed by atoms with van der Waals surface area (Å²) in [6.45, 7) is 3.70. The Morgan fingerprint density at radius 2 is 2.00 bits per heavy atom. The summed E-state index contributed by atoms with van der Waals surface area (Å²) in [7, 11) is -3.20. The number of nitrogens with one attached hydrogen (secondary N) is 1. The van der Waals surface area contributed by atoms with Gasteiger partial charge < -0.3 is 4.57 Å². The van der Waals surface area contributed by atoms with Gasteiger partial charge in [0.05, 0.1) is 12.1 Å². The minimum atomic E-state index is -3.20. The average Bonchev–Trinajstić information content (AvgIpc) is 2.92. The molecule has 0 fully saturated rings. The van der Waals surface area contributed by atoms with Crippen molar-refractivity contribution in [3.8, 4) is 5.69 Å². The van der Waals surface area contributed by atoms with Crippen molar-refractivity contribution in [2.45, 2.75) is 26.3 Å². The maximum atomic E-state index is 11.7. The fourth-order valence-electron chi connectivity index (χ4n) is 2.01. The van der Waals surface area contributed by atoms with E-state index in [0.29, 0.717) is 6.42 Å². The monoisotopic (exact) mass is 293 g/mol. The van der Waals surface area contributed by atoms with Crippen LogP contribution in [0.3, 0.4) is 0 Å². The van der Waals surface area contributed by atoms with Crippen LogP contribution in [0.25, 0.3) is 5.69 Å². The van der Waals surface area contributed by atoms with Crippen LogP contribution in [0.1, 0.15) is 31.9 Å². The molecule has 0 spiro atoms. The summed E-state index contributed by atoms with van der Waals surface area (Å²) < 4.78 is 28.1. The molecule has 6 heteroatoms. The lowest BCUT2D eigenvalue weighted by Gasteiger charge is -2.15. The summed E-state index contributed by atoms with van der Waals surface area (Å²) >= 11 is 0. The van der Waals surface area contributed by atoms with Crippen molar-refractivity contribution in [3.05, 3.63) is 48.5 Å². The molecule has 0 saturated carbocycles. The van der Waals surface area contributed by atoms with E-state index in [2.05, 4.69) is 9.71 Å². The molecule has 108 valence electrons. The van der Waals surface area contributed by atoms with Crippen LogP contribution in [0.4, 0.5) is 0 Å². The fourth-order valence-corrected chi connectivity index (χ4v) is 3.34. The van der Waals surface area contributed by atoms with E-state index in [-0.39, 0.29) is 11.8 Å². The molecule has 1 aromatic heterocycles. The molecule has 0 aliphatic rings. The summed E-state index contributed by atoms with van der Waals surface area (Å²) in [4.78, 5) is 4.00. The minimum Gasteiger partial charge on any atom is -0.306 e. The Balaban J connectivity index is 2.10. The largest absolute Gasteiger partial charge is 0.306 e. The van der Waals surface area contributed by atoms with E-state index in [1.807, 2.05) is 48.9 Å². The normalized spacial score (nSPS) is 13.3. The summed E-state index contributed by atoms with van der Waals surface area (Å²) in [5, 5.41) is 0. The third-order valence-corrected chi connectivity index (χ3v) is 4.68. The Morgan fingerprint density at radius 1 is 1.30 bits per heavy atom. The Morgan fingerprint density at radius 3 is 2.55 bits per heavy atom. The maximum absolute atomic E-state index is 11.7. The molecule has 1 heterocycles. The second kappa shape index (κ2) is 6.19. The van der Waals surface area contributed by atoms with Crippen LogP contribution in [-0.4, -0.2) is 23.7 Å². The molecule has 5 nitrogen and oxygen atoms in total. The van der Waals surface area contributed by atoms with Gasteiger partial charge in [-0.1, -0.05) is 19.1 Å². The van der Waals surface area contributed by atoms with Gasteiger partial charge in [0, 0.05) is 24.1 Å². The lowest BCUT2D eigenvalue weighted by Crippen LogP contribution is -2.28. The predicted molar refractivity (Wildman–Crippen MR) is 79.2 cm³/mol. The Labute approximate surface area is 119 Å².